The van der Waals surface area contributed by atoms with Crippen LogP contribution in [-0.2, 0) is 0 Å². The summed E-state index contributed by atoms with van der Waals surface area (Å²) in [5.74, 6) is 1.49. The number of nitrogens with zero attached hydrogens (tertiary/aromatic N) is 5. The second kappa shape index (κ2) is 9.31. The third-order valence-corrected chi connectivity index (χ3v) is 4.73. The Kier molecular flexibility index (Phi) is 6.12. The molecule has 3 heterocycles. The van der Waals surface area contributed by atoms with E-state index in [1.165, 1.54) is 0 Å². The summed E-state index contributed by atoms with van der Waals surface area (Å²) in [6.07, 6.45) is 4.11. The Labute approximate surface area is 185 Å². The van der Waals surface area contributed by atoms with Crippen molar-refractivity contribution in [2.75, 3.05) is 6.54 Å². The maximum Gasteiger partial charge on any atom is 0.178 e. The van der Waals surface area contributed by atoms with Gasteiger partial charge in [-0.25, -0.2) is 15.0 Å². The topological polar surface area (TPSA) is 131 Å². The highest BCUT2D eigenvalue weighted by molar-refractivity contribution is 5.69. The zero-order valence-corrected chi connectivity index (χ0v) is 17.3. The van der Waals surface area contributed by atoms with Crippen molar-refractivity contribution in [3.8, 4) is 40.3 Å². The average molecular weight is 424 g/mol. The van der Waals surface area contributed by atoms with Crippen LogP contribution in [0.25, 0.3) is 22.8 Å². The van der Waals surface area contributed by atoms with Gasteiger partial charge in [0.2, 0.25) is 0 Å². The highest BCUT2D eigenvalue weighted by Crippen LogP contribution is 2.34. The lowest BCUT2D eigenvalue weighted by Gasteiger charge is -2.14. The number of nitrogens with two attached hydrogens (primary N) is 1. The molecule has 0 bridgehead atoms. The molecule has 32 heavy (non-hydrogen) atoms. The predicted octanol–water partition coefficient (Wildman–Crippen LogP) is 3.57. The van der Waals surface area contributed by atoms with E-state index in [1.54, 1.807) is 67.1 Å². The van der Waals surface area contributed by atoms with Crippen LogP contribution < -0.4 is 10.5 Å². The minimum atomic E-state index is -0.772. The van der Waals surface area contributed by atoms with Crippen LogP contribution in [0.1, 0.15) is 22.9 Å². The van der Waals surface area contributed by atoms with Crippen LogP contribution in [0.5, 0.6) is 11.5 Å². The van der Waals surface area contributed by atoms with Crippen molar-refractivity contribution in [2.24, 2.45) is 5.73 Å². The summed E-state index contributed by atoms with van der Waals surface area (Å²) in [4.78, 5) is 17.4. The monoisotopic (exact) mass is 424 g/mol. The third-order valence-electron chi connectivity index (χ3n) is 4.73. The standard InChI is InChI=1S/C24H20N6O2/c1-15-9-18(11-21(30-15)24-27-7-2-8-28-24)32-23-10-16(12-25)3-5-19(23)20-6-4-17(14-29-20)22(31)13-26/h2-11,14,22,31H,13,26H2,1H3/t22-/m1/s1. The zero-order valence-electron chi connectivity index (χ0n) is 17.3. The first kappa shape index (κ1) is 21.1. The molecule has 1 aromatic carbocycles. The van der Waals surface area contributed by atoms with Crippen molar-refractivity contribution in [2.45, 2.75) is 13.0 Å². The maximum atomic E-state index is 9.91. The van der Waals surface area contributed by atoms with Crippen LogP contribution in [-0.4, -0.2) is 31.6 Å². The summed E-state index contributed by atoms with van der Waals surface area (Å²) < 4.78 is 6.19. The van der Waals surface area contributed by atoms with Gasteiger partial charge < -0.3 is 15.6 Å². The van der Waals surface area contributed by atoms with E-state index in [4.69, 9.17) is 10.5 Å². The van der Waals surface area contributed by atoms with Gasteiger partial charge in [-0.1, -0.05) is 6.07 Å². The van der Waals surface area contributed by atoms with Gasteiger partial charge in [0.1, 0.15) is 17.2 Å². The molecule has 4 aromatic rings. The molecule has 0 unspecified atom stereocenters. The van der Waals surface area contributed by atoms with Gasteiger partial charge in [-0.3, -0.25) is 4.98 Å². The molecule has 1 atom stereocenters. The van der Waals surface area contributed by atoms with Crippen molar-refractivity contribution < 1.29 is 9.84 Å². The molecule has 0 aliphatic rings. The van der Waals surface area contributed by atoms with Crippen molar-refractivity contribution in [3.05, 3.63) is 83.9 Å². The quantitative estimate of drug-likeness (QED) is 0.480. The second-order valence-corrected chi connectivity index (χ2v) is 7.05. The van der Waals surface area contributed by atoms with Crippen LogP contribution >= 0.6 is 0 Å². The van der Waals surface area contributed by atoms with E-state index in [1.807, 2.05) is 6.92 Å². The Morgan fingerprint density at radius 2 is 1.88 bits per heavy atom. The normalized spacial score (nSPS) is 11.6. The van der Waals surface area contributed by atoms with E-state index in [0.717, 1.165) is 5.69 Å². The SMILES string of the molecule is Cc1cc(Oc2cc(C#N)ccc2-c2ccc([C@H](O)CN)cn2)cc(-c2ncccn2)n1. The summed E-state index contributed by atoms with van der Waals surface area (Å²) in [7, 11) is 0. The smallest absolute Gasteiger partial charge is 0.178 e. The number of aryl methyl sites for hydroxylation is 1. The lowest BCUT2D eigenvalue weighted by atomic mass is 10.1. The predicted molar refractivity (Wildman–Crippen MR) is 118 cm³/mol. The summed E-state index contributed by atoms with van der Waals surface area (Å²) in [6.45, 7) is 1.97. The first-order chi connectivity index (χ1) is 15.6. The van der Waals surface area contributed by atoms with Gasteiger partial charge in [0.05, 0.1) is 23.4 Å². The Hall–Kier alpha value is -4.19. The Balaban J connectivity index is 1.73. The molecule has 8 heteroatoms. The molecule has 158 valence electrons. The number of hydrogen-bond acceptors (Lipinski definition) is 8. The van der Waals surface area contributed by atoms with Crippen LogP contribution in [0.3, 0.4) is 0 Å². The number of ether oxygens (including phenoxy) is 1. The molecular weight excluding hydrogens is 404 g/mol. The number of hydrogen-bond donors (Lipinski definition) is 2. The summed E-state index contributed by atoms with van der Waals surface area (Å²) in [5.41, 5.74) is 9.25. The van der Waals surface area contributed by atoms with Crippen molar-refractivity contribution >= 4 is 0 Å². The van der Waals surface area contributed by atoms with Crippen LogP contribution in [0.2, 0.25) is 0 Å². The molecule has 3 aromatic heterocycles. The van der Waals surface area contributed by atoms with Gasteiger partial charge in [0.25, 0.3) is 0 Å². The van der Waals surface area contributed by atoms with Crippen LogP contribution in [0, 0.1) is 18.3 Å². The summed E-state index contributed by atoms with van der Waals surface area (Å²) in [5, 5.41) is 19.3. The number of benzene rings is 1. The number of rotatable bonds is 6. The number of pyridine rings is 2. The average Bonchev–Trinajstić information content (AvgIpc) is 2.84. The fourth-order valence-corrected chi connectivity index (χ4v) is 3.15. The molecule has 0 saturated carbocycles. The number of aliphatic hydroxyl groups is 1. The molecule has 0 spiro atoms. The van der Waals surface area contributed by atoms with Gasteiger partial charge >= 0.3 is 0 Å². The van der Waals surface area contributed by atoms with Gasteiger partial charge in [-0.05, 0) is 37.3 Å². The van der Waals surface area contributed by atoms with E-state index in [9.17, 15) is 10.4 Å². The third kappa shape index (κ3) is 4.59. The van der Waals surface area contributed by atoms with Crippen LogP contribution in [0.4, 0.5) is 0 Å². The Bertz CT molecular complexity index is 1270. The van der Waals surface area contributed by atoms with E-state index in [-0.39, 0.29) is 6.54 Å². The fourth-order valence-electron chi connectivity index (χ4n) is 3.15. The first-order valence-corrected chi connectivity index (χ1v) is 9.90. The number of aromatic nitrogens is 4. The molecule has 0 radical (unpaired) electrons. The first-order valence-electron chi connectivity index (χ1n) is 9.90. The molecule has 4 rings (SSSR count). The van der Waals surface area contributed by atoms with Crippen molar-refractivity contribution in [1.29, 1.82) is 5.26 Å². The molecule has 0 saturated heterocycles. The molecule has 0 aliphatic heterocycles. The number of nitriles is 1. The van der Waals surface area contributed by atoms with E-state index < -0.39 is 6.10 Å². The number of aliphatic hydroxyl groups excluding tert-OH is 1. The molecule has 0 aliphatic carbocycles. The highest BCUT2D eigenvalue weighted by atomic mass is 16.5. The molecule has 0 fully saturated rings. The molecule has 0 amide bonds. The van der Waals surface area contributed by atoms with Gasteiger partial charge in [0.15, 0.2) is 5.82 Å². The van der Waals surface area contributed by atoms with Crippen molar-refractivity contribution in [3.63, 3.8) is 0 Å². The van der Waals surface area contributed by atoms with E-state index >= 15 is 0 Å². The highest BCUT2D eigenvalue weighted by Gasteiger charge is 2.14. The summed E-state index contributed by atoms with van der Waals surface area (Å²) in [6, 6.07) is 16.1. The zero-order chi connectivity index (χ0) is 22.5. The lowest BCUT2D eigenvalue weighted by molar-refractivity contribution is 0.186. The van der Waals surface area contributed by atoms with Gasteiger partial charge in [-0.15, -0.1) is 0 Å². The fraction of sp³-hybridized carbons (Fsp3) is 0.125. The summed E-state index contributed by atoms with van der Waals surface area (Å²) >= 11 is 0. The minimum Gasteiger partial charge on any atom is -0.456 e. The second-order valence-electron chi connectivity index (χ2n) is 7.05. The molecule has 8 nitrogen and oxygen atoms in total. The molecule has 3 N–H and O–H groups in total. The Morgan fingerprint density at radius 3 is 2.56 bits per heavy atom. The Morgan fingerprint density at radius 1 is 1.06 bits per heavy atom. The van der Waals surface area contributed by atoms with Gasteiger partial charge in [-0.2, -0.15) is 5.26 Å². The van der Waals surface area contributed by atoms with Crippen molar-refractivity contribution in [1.82, 2.24) is 19.9 Å². The van der Waals surface area contributed by atoms with E-state index in [0.29, 0.717) is 45.4 Å². The lowest BCUT2D eigenvalue weighted by Crippen LogP contribution is -2.11. The largest absolute Gasteiger partial charge is 0.456 e. The van der Waals surface area contributed by atoms with Gasteiger partial charge in [0, 0.05) is 54.1 Å². The van der Waals surface area contributed by atoms with E-state index in [2.05, 4.69) is 26.0 Å². The maximum absolute atomic E-state index is 9.91. The molecular formula is C24H20N6O2. The minimum absolute atomic E-state index is 0.112. The van der Waals surface area contributed by atoms with Crippen LogP contribution in [0.15, 0.2) is 67.1 Å².